The van der Waals surface area contributed by atoms with Gasteiger partial charge in [0.25, 0.3) is 0 Å². The van der Waals surface area contributed by atoms with Crippen LogP contribution in [-0.2, 0) is 9.59 Å². The van der Waals surface area contributed by atoms with Crippen LogP contribution in [-0.4, -0.2) is 47.3 Å². The van der Waals surface area contributed by atoms with Crippen molar-refractivity contribution in [3.63, 3.8) is 0 Å². The molecule has 0 heterocycles. The number of hydrogen-bond acceptors (Lipinski definition) is 4. The summed E-state index contributed by atoms with van der Waals surface area (Å²) in [5, 5.41) is 25.4. The second-order valence-electron chi connectivity index (χ2n) is 3.99. The summed E-state index contributed by atoms with van der Waals surface area (Å²) in [7, 11) is 0. The number of anilines is 2. The Morgan fingerprint density at radius 2 is 1.23 bits per heavy atom. The van der Waals surface area contributed by atoms with Gasteiger partial charge in [-0.15, -0.1) is 0 Å². The van der Waals surface area contributed by atoms with Crippen molar-refractivity contribution in [2.75, 3.05) is 23.7 Å². The molecule has 1 aromatic rings. The molecule has 0 radical (unpaired) electrons. The molecule has 0 aliphatic rings. The van der Waals surface area contributed by atoms with Crippen molar-refractivity contribution in [1.29, 1.82) is 0 Å². The maximum atomic E-state index is 11.4. The third-order valence-electron chi connectivity index (χ3n) is 2.23. The van der Waals surface area contributed by atoms with Gasteiger partial charge in [0.2, 0.25) is 11.8 Å². The lowest BCUT2D eigenvalue weighted by atomic mass is 10.2. The zero-order valence-electron chi connectivity index (χ0n) is 11.3. The van der Waals surface area contributed by atoms with Gasteiger partial charge in [-0.1, -0.05) is 6.07 Å². The Morgan fingerprint density at radius 3 is 1.59 bits per heavy atom. The van der Waals surface area contributed by atoms with Crippen molar-refractivity contribution in [2.45, 2.75) is 0 Å². The third-order valence-corrected chi connectivity index (χ3v) is 2.23. The molecule has 0 aliphatic carbocycles. The summed E-state index contributed by atoms with van der Waals surface area (Å²) in [6.07, 6.45) is -2.64. The van der Waals surface area contributed by atoms with Gasteiger partial charge in [0, 0.05) is 11.4 Å². The van der Waals surface area contributed by atoms with E-state index in [1.807, 2.05) is 10.6 Å². The lowest BCUT2D eigenvalue weighted by molar-refractivity contribution is -0.116. The molecule has 0 fully saturated rings. The average Bonchev–Trinajstić information content (AvgIpc) is 2.43. The maximum absolute atomic E-state index is 11.4. The lowest BCUT2D eigenvalue weighted by Crippen LogP contribution is -2.32. The van der Waals surface area contributed by atoms with E-state index in [-0.39, 0.29) is 0 Å². The zero-order chi connectivity index (χ0) is 16.5. The molecule has 0 aliphatic heterocycles. The Labute approximate surface area is 124 Å². The van der Waals surface area contributed by atoms with Crippen molar-refractivity contribution in [3.8, 4) is 0 Å². The van der Waals surface area contributed by atoms with Gasteiger partial charge >= 0.3 is 12.2 Å². The van der Waals surface area contributed by atoms with Crippen LogP contribution in [0.3, 0.4) is 0 Å². The predicted molar refractivity (Wildman–Crippen MR) is 75.8 cm³/mol. The maximum Gasteiger partial charge on any atom is 0.405 e. The fraction of sp³-hybridized carbons (Fsp3) is 0.167. The minimum atomic E-state index is -1.32. The molecule has 0 unspecified atom stereocenters. The van der Waals surface area contributed by atoms with Gasteiger partial charge < -0.3 is 31.5 Å². The lowest BCUT2D eigenvalue weighted by Gasteiger charge is -2.09. The molecule has 4 amide bonds. The van der Waals surface area contributed by atoms with E-state index < -0.39 is 37.1 Å². The van der Waals surface area contributed by atoms with Crippen molar-refractivity contribution < 1.29 is 29.4 Å². The Balaban J connectivity index is 2.54. The second-order valence-corrected chi connectivity index (χ2v) is 3.99. The highest BCUT2D eigenvalue weighted by Crippen LogP contribution is 2.14. The molecule has 0 atom stereocenters. The molecule has 10 nitrogen and oxygen atoms in total. The normalized spacial score (nSPS) is 9.45. The van der Waals surface area contributed by atoms with E-state index in [1.54, 1.807) is 18.2 Å². The SMILES string of the molecule is O=C(O)NCC(=O)Nc1cccc(NC(=O)CNC(=O)O)c1. The Hall–Kier alpha value is -3.30. The Kier molecular flexibility index (Phi) is 6.16. The molecular formula is C12H14N4O6. The van der Waals surface area contributed by atoms with Crippen LogP contribution in [0, 0.1) is 0 Å². The summed E-state index contributed by atoms with van der Waals surface area (Å²) in [4.78, 5) is 43.4. The van der Waals surface area contributed by atoms with Crippen LogP contribution in [0.15, 0.2) is 24.3 Å². The van der Waals surface area contributed by atoms with Crippen molar-refractivity contribution in [1.82, 2.24) is 10.6 Å². The molecule has 0 spiro atoms. The summed E-state index contributed by atoms with van der Waals surface area (Å²) >= 11 is 0. The molecule has 0 aromatic heterocycles. The molecule has 10 heteroatoms. The van der Waals surface area contributed by atoms with Gasteiger partial charge in [0.1, 0.15) is 13.1 Å². The Morgan fingerprint density at radius 1 is 0.818 bits per heavy atom. The van der Waals surface area contributed by atoms with E-state index in [4.69, 9.17) is 10.2 Å². The number of benzene rings is 1. The summed E-state index contributed by atoms with van der Waals surface area (Å²) < 4.78 is 0. The number of hydrogen-bond donors (Lipinski definition) is 6. The molecular weight excluding hydrogens is 296 g/mol. The zero-order valence-corrected chi connectivity index (χ0v) is 11.3. The minimum Gasteiger partial charge on any atom is -0.465 e. The summed E-state index contributed by atoms with van der Waals surface area (Å²) in [6, 6.07) is 6.09. The second kappa shape index (κ2) is 8.09. The number of amides is 4. The highest BCUT2D eigenvalue weighted by atomic mass is 16.4. The van der Waals surface area contributed by atoms with E-state index in [0.717, 1.165) is 0 Å². The predicted octanol–water partition coefficient (Wildman–Crippen LogP) is 0.0988. The fourth-order valence-electron chi connectivity index (χ4n) is 1.40. The number of carboxylic acid groups (broad SMARTS) is 2. The monoisotopic (exact) mass is 310 g/mol. The molecule has 0 bridgehead atoms. The number of carbonyl (C=O) groups is 4. The molecule has 22 heavy (non-hydrogen) atoms. The Bertz CT molecular complexity index is 541. The van der Waals surface area contributed by atoms with Crippen LogP contribution in [0.4, 0.5) is 21.0 Å². The van der Waals surface area contributed by atoms with Crippen LogP contribution in [0.25, 0.3) is 0 Å². The van der Waals surface area contributed by atoms with Gasteiger partial charge in [-0.3, -0.25) is 9.59 Å². The average molecular weight is 310 g/mol. The van der Waals surface area contributed by atoms with E-state index in [2.05, 4.69) is 10.6 Å². The fourth-order valence-corrected chi connectivity index (χ4v) is 1.40. The molecule has 118 valence electrons. The standard InChI is InChI=1S/C12H14N4O6/c17-9(5-13-11(19)20)15-7-2-1-3-8(4-7)16-10(18)6-14-12(21)22/h1-4,13-14H,5-6H2,(H,15,17)(H,16,18)(H,19,20)(H,21,22). The van der Waals surface area contributed by atoms with Gasteiger partial charge in [-0.25, -0.2) is 9.59 Å². The summed E-state index contributed by atoms with van der Waals surface area (Å²) in [5.41, 5.74) is 0.697. The first-order valence-corrected chi connectivity index (χ1v) is 6.00. The van der Waals surface area contributed by atoms with E-state index >= 15 is 0 Å². The minimum absolute atomic E-state index is 0.348. The summed E-state index contributed by atoms with van der Waals surface area (Å²) in [5.74, 6) is -1.14. The third kappa shape index (κ3) is 6.75. The first-order valence-electron chi connectivity index (χ1n) is 6.00. The molecule has 0 saturated heterocycles. The van der Waals surface area contributed by atoms with Crippen molar-refractivity contribution in [2.24, 2.45) is 0 Å². The largest absolute Gasteiger partial charge is 0.465 e. The van der Waals surface area contributed by atoms with Crippen LogP contribution in [0.5, 0.6) is 0 Å². The van der Waals surface area contributed by atoms with Crippen LogP contribution in [0.2, 0.25) is 0 Å². The first kappa shape index (κ1) is 16.8. The highest BCUT2D eigenvalue weighted by Gasteiger charge is 2.07. The van der Waals surface area contributed by atoms with Crippen LogP contribution >= 0.6 is 0 Å². The highest BCUT2D eigenvalue weighted by molar-refractivity contribution is 5.96. The number of nitrogens with one attached hydrogen (secondary N) is 4. The first-order chi connectivity index (χ1) is 10.4. The topological polar surface area (TPSA) is 157 Å². The smallest absolute Gasteiger partial charge is 0.405 e. The van der Waals surface area contributed by atoms with Gasteiger partial charge in [0.05, 0.1) is 0 Å². The van der Waals surface area contributed by atoms with Gasteiger partial charge in [-0.05, 0) is 18.2 Å². The van der Waals surface area contributed by atoms with E-state index in [1.165, 1.54) is 6.07 Å². The van der Waals surface area contributed by atoms with Crippen molar-refractivity contribution in [3.05, 3.63) is 24.3 Å². The van der Waals surface area contributed by atoms with E-state index in [9.17, 15) is 19.2 Å². The van der Waals surface area contributed by atoms with Crippen LogP contribution in [0.1, 0.15) is 0 Å². The van der Waals surface area contributed by atoms with Crippen LogP contribution < -0.4 is 21.3 Å². The molecule has 1 aromatic carbocycles. The van der Waals surface area contributed by atoms with Gasteiger partial charge in [0.15, 0.2) is 0 Å². The molecule has 1 rings (SSSR count). The number of carbonyl (C=O) groups excluding carboxylic acids is 2. The van der Waals surface area contributed by atoms with Gasteiger partial charge in [-0.2, -0.15) is 0 Å². The quantitative estimate of drug-likeness (QED) is 0.437. The van der Waals surface area contributed by atoms with Crippen molar-refractivity contribution >= 4 is 35.4 Å². The number of rotatable bonds is 6. The van der Waals surface area contributed by atoms with E-state index in [0.29, 0.717) is 11.4 Å². The summed E-state index contributed by atoms with van der Waals surface area (Å²) in [6.45, 7) is -0.817. The molecule has 6 N–H and O–H groups in total. The molecule has 0 saturated carbocycles.